The molecule has 1 amide bonds. The van der Waals surface area contributed by atoms with Gasteiger partial charge in [0.05, 0.1) is 0 Å². The van der Waals surface area contributed by atoms with Gasteiger partial charge in [-0.1, -0.05) is 0 Å². The van der Waals surface area contributed by atoms with E-state index in [1.54, 1.807) is 7.05 Å². The van der Waals surface area contributed by atoms with Gasteiger partial charge >= 0.3 is 5.69 Å². The number of hydrogen-bond acceptors (Lipinski definition) is 4. The quantitative estimate of drug-likeness (QED) is 0.433. The summed E-state index contributed by atoms with van der Waals surface area (Å²) in [6.45, 7) is 1.01. The maximum Gasteiger partial charge on any atom is 0.325 e. The molecule has 0 saturated heterocycles. The molecule has 82 valence electrons. The number of amides is 1. The summed E-state index contributed by atoms with van der Waals surface area (Å²) in [6.07, 6.45) is 1.09. The topological polar surface area (TPSA) is 107 Å². The second-order valence-electron chi connectivity index (χ2n) is 2.85. The number of likely N-dealkylation sites (N-methyl/N-ethyl adjacent to an activating group) is 1. The Kier molecular flexibility index (Phi) is 3.81. The summed E-state index contributed by atoms with van der Waals surface area (Å²) < 4.78 is 0. The summed E-state index contributed by atoms with van der Waals surface area (Å²) in [5.41, 5.74) is -1.43. The van der Waals surface area contributed by atoms with Crippen molar-refractivity contribution in [3.63, 3.8) is 0 Å². The maximum absolute atomic E-state index is 11.4. The standard InChI is InChI=1S/C8H12N4O3/c1-9-2-3-10-6(13)5-4-11-8(15)12-7(5)14/h4,9H,2-3H2,1H3,(H,10,13)(H2,11,12,14,15). The molecule has 7 nitrogen and oxygen atoms in total. The van der Waals surface area contributed by atoms with Gasteiger partial charge in [-0.25, -0.2) is 4.79 Å². The number of hydrogen-bond donors (Lipinski definition) is 4. The van der Waals surface area contributed by atoms with E-state index in [1.165, 1.54) is 0 Å². The van der Waals surface area contributed by atoms with Crippen LogP contribution in [0.5, 0.6) is 0 Å². The summed E-state index contributed by atoms with van der Waals surface area (Å²) in [4.78, 5) is 37.4. The van der Waals surface area contributed by atoms with Crippen LogP contribution >= 0.6 is 0 Å². The Morgan fingerprint density at radius 3 is 2.73 bits per heavy atom. The molecule has 1 rings (SSSR count). The third kappa shape index (κ3) is 3.06. The molecule has 15 heavy (non-hydrogen) atoms. The molecule has 1 heterocycles. The van der Waals surface area contributed by atoms with E-state index in [1.807, 2.05) is 4.98 Å². The Morgan fingerprint density at radius 1 is 1.40 bits per heavy atom. The SMILES string of the molecule is CNCCNC(=O)c1c[nH]c(=O)[nH]c1=O. The van der Waals surface area contributed by atoms with Crippen LogP contribution in [0.25, 0.3) is 0 Å². The van der Waals surface area contributed by atoms with Crippen molar-refractivity contribution < 1.29 is 4.79 Å². The molecule has 0 aliphatic carbocycles. The fourth-order valence-electron chi connectivity index (χ4n) is 0.975. The molecule has 0 atom stereocenters. The van der Waals surface area contributed by atoms with Gasteiger partial charge in [-0.05, 0) is 7.05 Å². The van der Waals surface area contributed by atoms with E-state index in [0.717, 1.165) is 6.20 Å². The van der Waals surface area contributed by atoms with Crippen molar-refractivity contribution in [3.05, 3.63) is 32.6 Å². The predicted octanol–water partition coefficient (Wildman–Crippen LogP) is -1.99. The average molecular weight is 212 g/mol. The minimum Gasteiger partial charge on any atom is -0.351 e. The van der Waals surface area contributed by atoms with Crippen molar-refractivity contribution in [2.45, 2.75) is 0 Å². The van der Waals surface area contributed by atoms with Gasteiger partial charge in [0, 0.05) is 19.3 Å². The number of nitrogens with one attached hydrogen (secondary N) is 4. The van der Waals surface area contributed by atoms with Gasteiger partial charge in [-0.2, -0.15) is 0 Å². The van der Waals surface area contributed by atoms with E-state index in [-0.39, 0.29) is 5.56 Å². The Bertz CT molecular complexity index is 448. The van der Waals surface area contributed by atoms with Crippen LogP contribution in [0.2, 0.25) is 0 Å². The zero-order valence-electron chi connectivity index (χ0n) is 8.22. The van der Waals surface area contributed by atoms with Crippen molar-refractivity contribution in [1.29, 1.82) is 0 Å². The average Bonchev–Trinajstić information content (AvgIpc) is 2.17. The predicted molar refractivity (Wildman–Crippen MR) is 53.9 cm³/mol. The van der Waals surface area contributed by atoms with Gasteiger partial charge in [0.15, 0.2) is 0 Å². The van der Waals surface area contributed by atoms with Crippen LogP contribution in [-0.2, 0) is 0 Å². The van der Waals surface area contributed by atoms with Crippen LogP contribution in [0.3, 0.4) is 0 Å². The highest BCUT2D eigenvalue weighted by Gasteiger charge is 2.09. The van der Waals surface area contributed by atoms with Gasteiger partial charge in [-0.3, -0.25) is 14.6 Å². The normalized spacial score (nSPS) is 9.93. The van der Waals surface area contributed by atoms with Gasteiger partial charge < -0.3 is 15.6 Å². The second kappa shape index (κ2) is 5.11. The number of rotatable bonds is 4. The molecule has 0 bridgehead atoms. The van der Waals surface area contributed by atoms with E-state index in [9.17, 15) is 14.4 Å². The molecule has 0 aliphatic heterocycles. The highest BCUT2D eigenvalue weighted by molar-refractivity contribution is 5.93. The lowest BCUT2D eigenvalue weighted by Gasteiger charge is -2.02. The summed E-state index contributed by atoms with van der Waals surface area (Å²) in [7, 11) is 1.75. The molecule has 0 unspecified atom stereocenters. The molecule has 1 aromatic heterocycles. The first-order valence-electron chi connectivity index (χ1n) is 4.40. The van der Waals surface area contributed by atoms with E-state index in [0.29, 0.717) is 13.1 Å². The van der Waals surface area contributed by atoms with E-state index < -0.39 is 17.2 Å². The number of H-pyrrole nitrogens is 2. The molecule has 4 N–H and O–H groups in total. The maximum atomic E-state index is 11.4. The Morgan fingerprint density at radius 2 is 2.13 bits per heavy atom. The van der Waals surface area contributed by atoms with Crippen molar-refractivity contribution >= 4 is 5.91 Å². The minimum atomic E-state index is -0.694. The van der Waals surface area contributed by atoms with Gasteiger partial charge in [0.1, 0.15) is 5.56 Å². The molecule has 0 radical (unpaired) electrons. The van der Waals surface area contributed by atoms with Gasteiger partial charge in [0.25, 0.3) is 11.5 Å². The monoisotopic (exact) mass is 212 g/mol. The summed E-state index contributed by atoms with van der Waals surface area (Å²) in [5.74, 6) is -0.511. The molecule has 0 aliphatic rings. The summed E-state index contributed by atoms with van der Waals surface area (Å²) in [6, 6.07) is 0. The van der Waals surface area contributed by atoms with Crippen molar-refractivity contribution in [3.8, 4) is 0 Å². The minimum absolute atomic E-state index is 0.106. The lowest BCUT2D eigenvalue weighted by atomic mass is 10.3. The van der Waals surface area contributed by atoms with Gasteiger partial charge in [0.2, 0.25) is 0 Å². The van der Waals surface area contributed by atoms with Crippen LogP contribution in [0.1, 0.15) is 10.4 Å². The number of carbonyl (C=O) groups excluding carboxylic acids is 1. The first-order valence-corrected chi connectivity index (χ1v) is 4.40. The van der Waals surface area contributed by atoms with Gasteiger partial charge in [-0.15, -0.1) is 0 Å². The molecular weight excluding hydrogens is 200 g/mol. The first kappa shape index (κ1) is 11.2. The van der Waals surface area contributed by atoms with E-state index in [2.05, 4.69) is 15.6 Å². The second-order valence-corrected chi connectivity index (χ2v) is 2.85. The highest BCUT2D eigenvalue weighted by Crippen LogP contribution is 1.83. The smallest absolute Gasteiger partial charge is 0.325 e. The fourth-order valence-corrected chi connectivity index (χ4v) is 0.975. The fraction of sp³-hybridized carbons (Fsp3) is 0.375. The first-order chi connectivity index (χ1) is 7.15. The summed E-state index contributed by atoms with van der Waals surface area (Å²) in [5, 5.41) is 5.36. The zero-order valence-corrected chi connectivity index (χ0v) is 8.22. The Hall–Kier alpha value is -1.89. The molecular formula is C8H12N4O3. The Labute approximate surface area is 84.9 Å². The number of carbonyl (C=O) groups is 1. The molecule has 0 aromatic carbocycles. The van der Waals surface area contributed by atoms with Crippen LogP contribution in [0.4, 0.5) is 0 Å². The van der Waals surface area contributed by atoms with Crippen LogP contribution in [-0.4, -0.2) is 36.0 Å². The molecule has 7 heteroatoms. The third-order valence-electron chi connectivity index (χ3n) is 1.72. The van der Waals surface area contributed by atoms with Crippen molar-refractivity contribution in [1.82, 2.24) is 20.6 Å². The molecule has 0 saturated carbocycles. The number of aromatic amines is 2. The molecule has 0 fully saturated rings. The van der Waals surface area contributed by atoms with Crippen LogP contribution in [0.15, 0.2) is 15.8 Å². The van der Waals surface area contributed by atoms with Crippen LogP contribution in [0, 0.1) is 0 Å². The van der Waals surface area contributed by atoms with E-state index >= 15 is 0 Å². The lowest BCUT2D eigenvalue weighted by Crippen LogP contribution is -2.36. The van der Waals surface area contributed by atoms with E-state index in [4.69, 9.17) is 0 Å². The number of aromatic nitrogens is 2. The third-order valence-corrected chi connectivity index (χ3v) is 1.72. The summed E-state index contributed by atoms with van der Waals surface area (Å²) >= 11 is 0. The van der Waals surface area contributed by atoms with Crippen molar-refractivity contribution in [2.75, 3.05) is 20.1 Å². The Balaban J connectivity index is 2.74. The molecule has 1 aromatic rings. The van der Waals surface area contributed by atoms with Crippen LogP contribution < -0.4 is 21.9 Å². The zero-order chi connectivity index (χ0) is 11.3. The molecule has 0 spiro atoms. The lowest BCUT2D eigenvalue weighted by molar-refractivity contribution is 0.0952. The highest BCUT2D eigenvalue weighted by atomic mass is 16.2. The largest absolute Gasteiger partial charge is 0.351 e. The van der Waals surface area contributed by atoms with Crippen molar-refractivity contribution in [2.24, 2.45) is 0 Å².